The molecule has 0 aliphatic carbocycles. The molecule has 1 atom stereocenters. The van der Waals surface area contributed by atoms with E-state index in [0.717, 1.165) is 62.7 Å². The second-order valence-electron chi connectivity index (χ2n) is 9.36. The first-order valence-electron chi connectivity index (χ1n) is 12.7. The molecule has 1 fully saturated rings. The third-order valence-electron chi connectivity index (χ3n) is 6.79. The lowest BCUT2D eigenvalue weighted by atomic mass is 10.0. The maximum absolute atomic E-state index is 13.7. The van der Waals surface area contributed by atoms with Gasteiger partial charge in [-0.15, -0.1) is 11.3 Å². The Bertz CT molecular complexity index is 1440. The molecule has 1 aliphatic heterocycles. The van der Waals surface area contributed by atoms with Crippen LogP contribution < -0.4 is 14.2 Å². The fraction of sp³-hybridized carbons (Fsp3) is 0.333. The van der Waals surface area contributed by atoms with Crippen molar-refractivity contribution in [3.8, 4) is 28.5 Å². The zero-order chi connectivity index (χ0) is 26.6. The number of thiophene rings is 1. The summed E-state index contributed by atoms with van der Waals surface area (Å²) in [4.78, 5) is 22.5. The number of aromatic nitrogens is 1. The van der Waals surface area contributed by atoms with Crippen LogP contribution in [-0.2, 0) is 11.3 Å². The largest absolute Gasteiger partial charge is 0.497 e. The number of ether oxygens (including phenoxy) is 4. The number of hydrogen-bond acceptors (Lipinski definition) is 7. The molecule has 0 N–H and O–H groups in total. The zero-order valence-electron chi connectivity index (χ0n) is 22.2. The van der Waals surface area contributed by atoms with Crippen LogP contribution in [-0.4, -0.2) is 56.4 Å². The molecule has 0 spiro atoms. The maximum atomic E-state index is 13.7. The molecule has 1 aliphatic rings. The van der Waals surface area contributed by atoms with Crippen molar-refractivity contribution in [3.05, 3.63) is 69.9 Å². The summed E-state index contributed by atoms with van der Waals surface area (Å²) in [5.41, 5.74) is 3.40. The second kappa shape index (κ2) is 11.4. The summed E-state index contributed by atoms with van der Waals surface area (Å²) in [5, 5.41) is 0.903. The van der Waals surface area contributed by atoms with Gasteiger partial charge in [-0.05, 0) is 61.7 Å². The van der Waals surface area contributed by atoms with Gasteiger partial charge >= 0.3 is 0 Å². The summed E-state index contributed by atoms with van der Waals surface area (Å²) in [5.74, 6) is 1.98. The highest BCUT2D eigenvalue weighted by Crippen LogP contribution is 2.35. The Balaban J connectivity index is 1.62. The quantitative estimate of drug-likeness (QED) is 0.259. The summed E-state index contributed by atoms with van der Waals surface area (Å²) < 4.78 is 22.5. The Kier molecular flexibility index (Phi) is 7.81. The smallest absolute Gasteiger partial charge is 0.264 e. The van der Waals surface area contributed by atoms with Crippen LogP contribution >= 0.6 is 11.3 Å². The lowest BCUT2D eigenvalue weighted by Crippen LogP contribution is -2.36. The van der Waals surface area contributed by atoms with Gasteiger partial charge in [-0.3, -0.25) is 4.79 Å². The number of fused-ring (bicyclic) bond motifs is 1. The van der Waals surface area contributed by atoms with E-state index in [9.17, 15) is 4.79 Å². The van der Waals surface area contributed by atoms with E-state index >= 15 is 0 Å². The number of carbonyl (C=O) groups is 1. The van der Waals surface area contributed by atoms with E-state index in [-0.39, 0.29) is 12.0 Å². The Morgan fingerprint density at radius 3 is 2.55 bits per heavy atom. The third-order valence-corrected chi connectivity index (χ3v) is 7.78. The number of rotatable bonds is 9. The van der Waals surface area contributed by atoms with Crippen LogP contribution in [0.5, 0.6) is 17.2 Å². The van der Waals surface area contributed by atoms with E-state index in [4.69, 9.17) is 23.9 Å². The van der Waals surface area contributed by atoms with E-state index < -0.39 is 0 Å². The van der Waals surface area contributed by atoms with Crippen LogP contribution in [0.1, 0.15) is 33.0 Å². The van der Waals surface area contributed by atoms with Crippen molar-refractivity contribution in [1.82, 2.24) is 9.88 Å². The van der Waals surface area contributed by atoms with Crippen molar-refractivity contribution in [1.29, 1.82) is 0 Å². The summed E-state index contributed by atoms with van der Waals surface area (Å²) in [6.45, 7) is 3.66. The lowest BCUT2D eigenvalue weighted by Gasteiger charge is -2.26. The average Bonchev–Trinajstić information content (AvgIpc) is 3.63. The summed E-state index contributed by atoms with van der Waals surface area (Å²) in [6, 6.07) is 17.6. The summed E-state index contributed by atoms with van der Waals surface area (Å²) in [6.07, 6.45) is 1.99. The van der Waals surface area contributed by atoms with E-state index in [1.54, 1.807) is 21.3 Å². The number of nitrogens with zero attached hydrogens (tertiary/aromatic N) is 2. The predicted molar refractivity (Wildman–Crippen MR) is 150 cm³/mol. The van der Waals surface area contributed by atoms with Crippen LogP contribution in [0.4, 0.5) is 0 Å². The minimum atomic E-state index is 0.00241. The number of benzene rings is 2. The molecule has 2 aromatic heterocycles. The van der Waals surface area contributed by atoms with Gasteiger partial charge < -0.3 is 23.8 Å². The molecule has 2 aromatic carbocycles. The molecule has 3 heterocycles. The van der Waals surface area contributed by atoms with E-state index in [2.05, 4.69) is 6.07 Å². The molecule has 38 heavy (non-hydrogen) atoms. The van der Waals surface area contributed by atoms with E-state index in [0.29, 0.717) is 24.6 Å². The number of pyridine rings is 1. The Morgan fingerprint density at radius 1 is 1.05 bits per heavy atom. The molecule has 4 aromatic rings. The molecule has 8 heteroatoms. The van der Waals surface area contributed by atoms with Crippen molar-refractivity contribution in [2.75, 3.05) is 34.5 Å². The highest BCUT2D eigenvalue weighted by atomic mass is 32.1. The third kappa shape index (κ3) is 5.47. The topological polar surface area (TPSA) is 70.1 Å². The normalized spacial score (nSPS) is 15.0. The van der Waals surface area contributed by atoms with Gasteiger partial charge in [0.05, 0.1) is 43.5 Å². The molecule has 1 saturated heterocycles. The van der Waals surface area contributed by atoms with Crippen molar-refractivity contribution in [2.45, 2.75) is 32.4 Å². The SMILES string of the molecule is COc1cccc(-c2nc3cc(OC)c(OC)cc3cc2CN(CC2CCCO2)C(=O)c2ccc(C)s2)c1. The lowest BCUT2D eigenvalue weighted by molar-refractivity contribution is 0.0511. The van der Waals surface area contributed by atoms with Gasteiger partial charge in [-0.2, -0.15) is 0 Å². The monoisotopic (exact) mass is 532 g/mol. The molecule has 0 bridgehead atoms. The van der Waals surface area contributed by atoms with Gasteiger partial charge in [0.2, 0.25) is 0 Å². The fourth-order valence-electron chi connectivity index (χ4n) is 4.85. The minimum absolute atomic E-state index is 0.00241. The molecule has 0 radical (unpaired) electrons. The van der Waals surface area contributed by atoms with Crippen molar-refractivity contribution < 1.29 is 23.7 Å². The van der Waals surface area contributed by atoms with E-state index in [1.165, 1.54) is 11.3 Å². The van der Waals surface area contributed by atoms with Gasteiger partial charge in [-0.1, -0.05) is 12.1 Å². The molecular formula is C30H32N2O5S. The van der Waals surface area contributed by atoms with Crippen LogP contribution in [0.3, 0.4) is 0 Å². The molecule has 1 unspecified atom stereocenters. The van der Waals surface area contributed by atoms with Gasteiger partial charge in [0.1, 0.15) is 5.75 Å². The molecule has 0 saturated carbocycles. The number of hydrogen-bond donors (Lipinski definition) is 0. The first-order valence-corrected chi connectivity index (χ1v) is 13.5. The fourth-order valence-corrected chi connectivity index (χ4v) is 5.69. The van der Waals surface area contributed by atoms with Gasteiger partial charge in [-0.25, -0.2) is 4.98 Å². The standard InChI is InChI=1S/C30H32N2O5S/c1-19-10-11-28(38-19)30(33)32(18-24-9-6-12-37-24)17-22-13-21-15-26(35-3)27(36-4)16-25(21)31-29(22)20-7-5-8-23(14-20)34-2/h5,7-8,10-11,13-16,24H,6,9,12,17-18H2,1-4H3. The van der Waals surface area contributed by atoms with Crippen molar-refractivity contribution in [3.63, 3.8) is 0 Å². The number of aryl methyl sites for hydroxylation is 1. The van der Waals surface area contributed by atoms with Crippen molar-refractivity contribution >= 4 is 28.1 Å². The zero-order valence-corrected chi connectivity index (χ0v) is 23.0. The summed E-state index contributed by atoms with van der Waals surface area (Å²) in [7, 11) is 4.88. The van der Waals surface area contributed by atoms with Gasteiger partial charge in [0, 0.05) is 41.6 Å². The van der Waals surface area contributed by atoms with Gasteiger partial charge in [0.15, 0.2) is 11.5 Å². The molecule has 198 valence electrons. The van der Waals surface area contributed by atoms with Crippen LogP contribution in [0.25, 0.3) is 22.2 Å². The predicted octanol–water partition coefficient (Wildman–Crippen LogP) is 6.12. The molecular weight excluding hydrogens is 500 g/mol. The second-order valence-corrected chi connectivity index (χ2v) is 10.6. The van der Waals surface area contributed by atoms with Crippen molar-refractivity contribution in [2.24, 2.45) is 0 Å². The van der Waals surface area contributed by atoms with Gasteiger partial charge in [0.25, 0.3) is 5.91 Å². The number of methoxy groups -OCH3 is 3. The Labute approximate surface area is 226 Å². The van der Waals surface area contributed by atoms with E-state index in [1.807, 2.05) is 60.4 Å². The number of amides is 1. The first kappa shape index (κ1) is 26.0. The number of carbonyl (C=O) groups excluding carboxylic acids is 1. The summed E-state index contributed by atoms with van der Waals surface area (Å²) >= 11 is 1.52. The highest BCUT2D eigenvalue weighted by molar-refractivity contribution is 7.13. The highest BCUT2D eigenvalue weighted by Gasteiger charge is 2.26. The molecule has 5 rings (SSSR count). The Morgan fingerprint density at radius 2 is 1.87 bits per heavy atom. The van der Waals surface area contributed by atoms with Crippen LogP contribution in [0.2, 0.25) is 0 Å². The maximum Gasteiger partial charge on any atom is 0.264 e. The Hall–Kier alpha value is -3.62. The average molecular weight is 533 g/mol. The molecule has 1 amide bonds. The minimum Gasteiger partial charge on any atom is -0.497 e. The molecule has 7 nitrogen and oxygen atoms in total. The van der Waals surface area contributed by atoms with Crippen LogP contribution in [0, 0.1) is 6.92 Å². The first-order chi connectivity index (χ1) is 18.5. The van der Waals surface area contributed by atoms with Crippen LogP contribution in [0.15, 0.2) is 54.6 Å².